The molecule has 0 aliphatic carbocycles. The van der Waals surface area contributed by atoms with Crippen LogP contribution in [0.2, 0.25) is 0 Å². The van der Waals surface area contributed by atoms with Crippen molar-refractivity contribution < 1.29 is 4.39 Å². The Labute approximate surface area is 121 Å². The van der Waals surface area contributed by atoms with Gasteiger partial charge in [-0.1, -0.05) is 27.2 Å². The van der Waals surface area contributed by atoms with Crippen molar-refractivity contribution >= 4 is 5.82 Å². The van der Waals surface area contributed by atoms with Crippen molar-refractivity contribution in [3.05, 3.63) is 23.6 Å². The first-order chi connectivity index (χ1) is 9.59. The lowest BCUT2D eigenvalue weighted by Crippen LogP contribution is -2.39. The molecule has 0 radical (unpaired) electrons. The molecule has 112 valence electrons. The summed E-state index contributed by atoms with van der Waals surface area (Å²) in [5.74, 6) is 0.368. The first kappa shape index (κ1) is 15.2. The van der Waals surface area contributed by atoms with Crippen molar-refractivity contribution in [3.8, 4) is 0 Å². The van der Waals surface area contributed by atoms with Gasteiger partial charge in [-0.25, -0.2) is 9.37 Å². The molecule has 1 aliphatic heterocycles. The number of aromatic nitrogens is 1. The number of rotatable bonds is 5. The first-order valence-corrected chi connectivity index (χ1v) is 7.68. The molecule has 0 unspecified atom stereocenters. The van der Waals surface area contributed by atoms with Gasteiger partial charge in [-0.15, -0.1) is 0 Å². The summed E-state index contributed by atoms with van der Waals surface area (Å²) in [6, 6.07) is 1.77. The van der Waals surface area contributed by atoms with E-state index in [2.05, 4.69) is 29.0 Å². The fraction of sp³-hybridized carbons (Fsp3) is 0.688. The number of anilines is 1. The van der Waals surface area contributed by atoms with E-state index in [0.717, 1.165) is 32.5 Å². The molecule has 20 heavy (non-hydrogen) atoms. The Hall–Kier alpha value is -1.16. The number of nitrogens with one attached hydrogen (secondary N) is 1. The highest BCUT2D eigenvalue weighted by molar-refractivity contribution is 5.43. The summed E-state index contributed by atoms with van der Waals surface area (Å²) in [4.78, 5) is 6.37. The molecule has 1 aliphatic rings. The van der Waals surface area contributed by atoms with Crippen molar-refractivity contribution in [3.63, 3.8) is 0 Å². The number of nitrogens with zero attached hydrogens (tertiary/aromatic N) is 2. The van der Waals surface area contributed by atoms with Crippen LogP contribution in [0.5, 0.6) is 0 Å². The fourth-order valence-corrected chi connectivity index (χ4v) is 2.70. The Morgan fingerprint density at radius 1 is 1.35 bits per heavy atom. The highest BCUT2D eigenvalue weighted by Crippen LogP contribution is 2.35. The van der Waals surface area contributed by atoms with E-state index in [9.17, 15) is 4.39 Å². The quantitative estimate of drug-likeness (QED) is 0.896. The van der Waals surface area contributed by atoms with E-state index >= 15 is 0 Å². The third-order valence-corrected chi connectivity index (χ3v) is 4.64. The van der Waals surface area contributed by atoms with E-state index in [-0.39, 0.29) is 5.82 Å². The average Bonchev–Trinajstić information content (AvgIpc) is 2.47. The van der Waals surface area contributed by atoms with E-state index in [1.807, 2.05) is 6.92 Å². The maximum absolute atomic E-state index is 14.5. The van der Waals surface area contributed by atoms with Gasteiger partial charge in [-0.2, -0.15) is 0 Å². The predicted octanol–water partition coefficient (Wildman–Crippen LogP) is 3.35. The molecule has 2 rings (SSSR count). The summed E-state index contributed by atoms with van der Waals surface area (Å²) in [6.45, 7) is 9.81. The van der Waals surface area contributed by atoms with Crippen LogP contribution in [0, 0.1) is 11.2 Å². The van der Waals surface area contributed by atoms with Gasteiger partial charge in [0.15, 0.2) is 11.6 Å². The van der Waals surface area contributed by atoms with Crippen LogP contribution in [0.4, 0.5) is 10.2 Å². The lowest BCUT2D eigenvalue weighted by molar-refractivity contribution is 0.237. The van der Waals surface area contributed by atoms with Crippen LogP contribution in [0.1, 0.15) is 45.6 Å². The van der Waals surface area contributed by atoms with Gasteiger partial charge < -0.3 is 10.2 Å². The highest BCUT2D eigenvalue weighted by atomic mass is 19.1. The topological polar surface area (TPSA) is 28.2 Å². The minimum absolute atomic E-state index is 0.159. The minimum Gasteiger partial charge on any atom is -0.354 e. The Balaban J connectivity index is 2.10. The summed E-state index contributed by atoms with van der Waals surface area (Å²) in [7, 11) is 0. The van der Waals surface area contributed by atoms with Gasteiger partial charge in [0, 0.05) is 31.4 Å². The summed E-state index contributed by atoms with van der Waals surface area (Å²) >= 11 is 0. The van der Waals surface area contributed by atoms with Gasteiger partial charge >= 0.3 is 0 Å². The molecular formula is C16H26FN3. The predicted molar refractivity (Wildman–Crippen MR) is 81.4 cm³/mol. The highest BCUT2D eigenvalue weighted by Gasteiger charge is 2.30. The lowest BCUT2D eigenvalue weighted by atomic mass is 9.78. The second-order valence-corrected chi connectivity index (χ2v) is 6.04. The molecule has 1 fully saturated rings. The summed E-state index contributed by atoms with van der Waals surface area (Å²) in [5, 5.41) is 3.17. The van der Waals surface area contributed by atoms with Gasteiger partial charge in [0.05, 0.1) is 0 Å². The molecule has 4 heteroatoms. The van der Waals surface area contributed by atoms with Crippen LogP contribution in [0.15, 0.2) is 12.3 Å². The largest absolute Gasteiger partial charge is 0.354 e. The molecule has 1 saturated heterocycles. The molecule has 2 heterocycles. The molecule has 0 aromatic carbocycles. The molecular weight excluding hydrogens is 253 g/mol. The van der Waals surface area contributed by atoms with E-state index in [1.54, 1.807) is 12.3 Å². The maximum Gasteiger partial charge on any atom is 0.170 e. The van der Waals surface area contributed by atoms with Gasteiger partial charge in [-0.05, 0) is 30.9 Å². The molecule has 1 aromatic heterocycles. The Morgan fingerprint density at radius 2 is 2.05 bits per heavy atom. The number of hydrogen-bond acceptors (Lipinski definition) is 3. The van der Waals surface area contributed by atoms with Gasteiger partial charge in [0.25, 0.3) is 0 Å². The summed E-state index contributed by atoms with van der Waals surface area (Å²) in [6.07, 6.45) is 5.14. The van der Waals surface area contributed by atoms with Crippen LogP contribution in [0.3, 0.4) is 0 Å². The first-order valence-electron chi connectivity index (χ1n) is 7.68. The molecule has 0 saturated carbocycles. The zero-order chi connectivity index (χ0) is 14.6. The van der Waals surface area contributed by atoms with Crippen LogP contribution < -0.4 is 10.2 Å². The van der Waals surface area contributed by atoms with Crippen molar-refractivity contribution in [1.29, 1.82) is 0 Å². The molecule has 1 N–H and O–H groups in total. The second-order valence-electron chi connectivity index (χ2n) is 6.04. The van der Waals surface area contributed by atoms with Gasteiger partial charge in [-0.3, -0.25) is 0 Å². The molecule has 0 bridgehead atoms. The van der Waals surface area contributed by atoms with Crippen LogP contribution in [0.25, 0.3) is 0 Å². The van der Waals surface area contributed by atoms with Gasteiger partial charge in [0.1, 0.15) is 0 Å². The van der Waals surface area contributed by atoms with E-state index < -0.39 is 0 Å². The Kier molecular flexibility index (Phi) is 4.97. The second kappa shape index (κ2) is 6.53. The number of halogens is 1. The normalized spacial score (nSPS) is 18.3. The van der Waals surface area contributed by atoms with Crippen LogP contribution in [-0.4, -0.2) is 24.6 Å². The van der Waals surface area contributed by atoms with E-state index in [1.165, 1.54) is 6.42 Å². The maximum atomic E-state index is 14.5. The van der Waals surface area contributed by atoms with Gasteiger partial charge in [0.2, 0.25) is 0 Å². The van der Waals surface area contributed by atoms with E-state index in [4.69, 9.17) is 0 Å². The molecule has 3 nitrogen and oxygen atoms in total. The van der Waals surface area contributed by atoms with Crippen LogP contribution in [-0.2, 0) is 6.54 Å². The molecule has 1 aromatic rings. The number of pyridine rings is 1. The summed E-state index contributed by atoms with van der Waals surface area (Å²) in [5.41, 5.74) is 1.12. The third kappa shape index (κ3) is 3.29. The monoisotopic (exact) mass is 279 g/mol. The zero-order valence-corrected chi connectivity index (χ0v) is 12.9. The van der Waals surface area contributed by atoms with Crippen molar-refractivity contribution in [1.82, 2.24) is 10.3 Å². The minimum atomic E-state index is -0.159. The Morgan fingerprint density at radius 3 is 2.65 bits per heavy atom. The van der Waals surface area contributed by atoms with E-state index in [0.29, 0.717) is 23.3 Å². The Bertz CT molecular complexity index is 439. The fourth-order valence-electron chi connectivity index (χ4n) is 2.70. The number of piperidine rings is 1. The summed E-state index contributed by atoms with van der Waals surface area (Å²) < 4.78 is 14.5. The smallest absolute Gasteiger partial charge is 0.170 e. The molecule has 0 spiro atoms. The molecule has 0 amide bonds. The third-order valence-electron chi connectivity index (χ3n) is 4.64. The average molecular weight is 279 g/mol. The number of hydrogen-bond donors (Lipinski definition) is 1. The lowest BCUT2D eigenvalue weighted by Gasteiger charge is -2.39. The zero-order valence-electron chi connectivity index (χ0n) is 12.9. The standard InChI is InChI=1S/C16H26FN3/c1-4-16(3)7-10-20(11-8-16)15-14(17)13(6-9-19-15)12-18-5-2/h6,9,18H,4-5,7-8,10-12H2,1-3H3. The SMILES string of the molecule is CCNCc1ccnc(N2CCC(C)(CC)CC2)c1F. The van der Waals surface area contributed by atoms with Crippen molar-refractivity contribution in [2.24, 2.45) is 5.41 Å². The van der Waals surface area contributed by atoms with Crippen LogP contribution >= 0.6 is 0 Å². The van der Waals surface area contributed by atoms with Crippen molar-refractivity contribution in [2.75, 3.05) is 24.5 Å². The molecule has 0 atom stereocenters. The van der Waals surface area contributed by atoms with Crippen molar-refractivity contribution in [2.45, 2.75) is 46.6 Å².